The standard InChI is InChI=1S/C14H11IN2/c1-10-13(15)7-8-14(17(10)2)12-5-3-11(9-16)4-6-12/h3-8H,1H2,2H3. The predicted molar refractivity (Wildman–Crippen MR) is 78.1 cm³/mol. The Labute approximate surface area is 115 Å². The predicted octanol–water partition coefficient (Wildman–Crippen LogP) is 3.68. The molecule has 0 aliphatic carbocycles. The third-order valence-electron chi connectivity index (χ3n) is 2.74. The first-order valence-corrected chi connectivity index (χ1v) is 6.22. The smallest absolute Gasteiger partial charge is 0.0991 e. The van der Waals surface area contributed by atoms with Crippen molar-refractivity contribution in [1.29, 1.82) is 5.26 Å². The third kappa shape index (κ3) is 2.27. The van der Waals surface area contributed by atoms with Crippen LogP contribution in [0.5, 0.6) is 0 Å². The lowest BCUT2D eigenvalue weighted by Crippen LogP contribution is -2.17. The van der Waals surface area contributed by atoms with Gasteiger partial charge in [-0.25, -0.2) is 0 Å². The number of allylic oxidation sites excluding steroid dienone is 3. The van der Waals surface area contributed by atoms with Gasteiger partial charge in [0.05, 0.1) is 11.6 Å². The summed E-state index contributed by atoms with van der Waals surface area (Å²) in [5, 5.41) is 8.77. The van der Waals surface area contributed by atoms with Crippen LogP contribution in [0.1, 0.15) is 11.1 Å². The molecule has 2 nitrogen and oxygen atoms in total. The number of rotatable bonds is 1. The molecule has 0 saturated carbocycles. The maximum absolute atomic E-state index is 8.77. The Morgan fingerprint density at radius 3 is 2.47 bits per heavy atom. The summed E-state index contributed by atoms with van der Waals surface area (Å²) in [6.07, 6.45) is 4.12. The molecule has 84 valence electrons. The minimum absolute atomic E-state index is 0.678. The van der Waals surface area contributed by atoms with Crippen molar-refractivity contribution < 1.29 is 0 Å². The summed E-state index contributed by atoms with van der Waals surface area (Å²) in [6, 6.07) is 9.70. The van der Waals surface area contributed by atoms with Gasteiger partial charge in [0.15, 0.2) is 0 Å². The zero-order chi connectivity index (χ0) is 12.4. The van der Waals surface area contributed by atoms with Crippen molar-refractivity contribution >= 4 is 28.3 Å². The molecule has 0 atom stereocenters. The Balaban J connectivity index is 2.40. The highest BCUT2D eigenvalue weighted by molar-refractivity contribution is 14.1. The Kier molecular flexibility index (Phi) is 3.34. The zero-order valence-electron chi connectivity index (χ0n) is 9.44. The molecular formula is C14H11IN2. The Morgan fingerprint density at radius 2 is 1.88 bits per heavy atom. The summed E-state index contributed by atoms with van der Waals surface area (Å²) in [5.41, 5.74) is 3.86. The zero-order valence-corrected chi connectivity index (χ0v) is 11.6. The van der Waals surface area contributed by atoms with Crippen LogP contribution in [0.25, 0.3) is 5.70 Å². The first kappa shape index (κ1) is 11.9. The molecule has 1 heterocycles. The van der Waals surface area contributed by atoms with E-state index in [1.54, 1.807) is 0 Å². The highest BCUT2D eigenvalue weighted by Gasteiger charge is 2.15. The lowest BCUT2D eigenvalue weighted by atomic mass is 10.1. The number of benzene rings is 1. The number of likely N-dealkylation sites (N-methyl/N-ethyl adjacent to an activating group) is 1. The van der Waals surface area contributed by atoms with Crippen LogP contribution in [0.4, 0.5) is 0 Å². The van der Waals surface area contributed by atoms with Crippen molar-refractivity contribution in [2.45, 2.75) is 0 Å². The average Bonchev–Trinajstić information content (AvgIpc) is 2.36. The molecule has 1 aromatic rings. The van der Waals surface area contributed by atoms with Crippen LogP contribution >= 0.6 is 22.6 Å². The Hall–Kier alpha value is -1.54. The van der Waals surface area contributed by atoms with Crippen LogP contribution in [0.2, 0.25) is 0 Å². The van der Waals surface area contributed by atoms with E-state index in [2.05, 4.69) is 52.3 Å². The normalized spacial score (nSPS) is 15.1. The highest BCUT2D eigenvalue weighted by atomic mass is 127. The maximum atomic E-state index is 8.77. The van der Waals surface area contributed by atoms with Crippen molar-refractivity contribution in [3.8, 4) is 6.07 Å². The second kappa shape index (κ2) is 4.76. The van der Waals surface area contributed by atoms with Gasteiger partial charge >= 0.3 is 0 Å². The number of halogens is 1. The van der Waals surface area contributed by atoms with E-state index < -0.39 is 0 Å². The van der Waals surface area contributed by atoms with E-state index in [1.165, 1.54) is 0 Å². The molecule has 0 unspecified atom stereocenters. The summed E-state index contributed by atoms with van der Waals surface area (Å²) in [7, 11) is 2.00. The summed E-state index contributed by atoms with van der Waals surface area (Å²) in [4.78, 5) is 2.06. The molecule has 0 fully saturated rings. The van der Waals surface area contributed by atoms with Crippen molar-refractivity contribution in [2.24, 2.45) is 0 Å². The van der Waals surface area contributed by atoms with E-state index in [0.717, 1.165) is 20.5 Å². The van der Waals surface area contributed by atoms with E-state index >= 15 is 0 Å². The van der Waals surface area contributed by atoms with E-state index in [4.69, 9.17) is 5.26 Å². The molecule has 0 aromatic heterocycles. The van der Waals surface area contributed by atoms with Gasteiger partial charge < -0.3 is 4.90 Å². The fourth-order valence-corrected chi connectivity index (χ4v) is 2.21. The molecule has 0 bridgehead atoms. The summed E-state index contributed by atoms with van der Waals surface area (Å²) >= 11 is 2.27. The number of hydrogen-bond donors (Lipinski definition) is 0. The molecular weight excluding hydrogens is 323 g/mol. The van der Waals surface area contributed by atoms with E-state index in [9.17, 15) is 0 Å². The molecule has 0 saturated heterocycles. The van der Waals surface area contributed by atoms with E-state index in [-0.39, 0.29) is 0 Å². The monoisotopic (exact) mass is 334 g/mol. The van der Waals surface area contributed by atoms with Crippen LogP contribution in [0.3, 0.4) is 0 Å². The van der Waals surface area contributed by atoms with Crippen LogP contribution in [0.15, 0.2) is 52.3 Å². The fraction of sp³-hybridized carbons (Fsp3) is 0.0714. The van der Waals surface area contributed by atoms with Crippen molar-refractivity contribution in [3.63, 3.8) is 0 Å². The average molecular weight is 334 g/mol. The lowest BCUT2D eigenvalue weighted by molar-refractivity contribution is 0.614. The van der Waals surface area contributed by atoms with Gasteiger partial charge in [-0.1, -0.05) is 18.7 Å². The van der Waals surface area contributed by atoms with Crippen LogP contribution in [0, 0.1) is 11.3 Å². The Bertz CT molecular complexity index is 559. The molecule has 2 rings (SSSR count). The quantitative estimate of drug-likeness (QED) is 0.733. The van der Waals surface area contributed by atoms with Gasteiger partial charge in [0.25, 0.3) is 0 Å². The van der Waals surface area contributed by atoms with Crippen LogP contribution in [-0.4, -0.2) is 11.9 Å². The lowest BCUT2D eigenvalue weighted by Gasteiger charge is -2.27. The first-order chi connectivity index (χ1) is 8.13. The molecule has 17 heavy (non-hydrogen) atoms. The first-order valence-electron chi connectivity index (χ1n) is 5.14. The van der Waals surface area contributed by atoms with Crippen molar-refractivity contribution in [3.05, 3.63) is 63.4 Å². The molecule has 0 N–H and O–H groups in total. The largest absolute Gasteiger partial charge is 0.344 e. The SMILES string of the molecule is C=C1C(I)=CC=C(c2ccc(C#N)cc2)N1C. The Morgan fingerprint density at radius 1 is 1.24 bits per heavy atom. The molecule has 1 aliphatic rings. The second-order valence-corrected chi connectivity index (χ2v) is 4.92. The highest BCUT2D eigenvalue weighted by Crippen LogP contribution is 2.31. The minimum atomic E-state index is 0.678. The molecule has 0 amide bonds. The second-order valence-electron chi connectivity index (χ2n) is 3.76. The summed E-state index contributed by atoms with van der Waals surface area (Å²) < 4.78 is 1.14. The molecule has 3 heteroatoms. The molecule has 1 aliphatic heterocycles. The van der Waals surface area contributed by atoms with E-state index in [0.29, 0.717) is 5.56 Å². The number of hydrogen-bond acceptors (Lipinski definition) is 2. The van der Waals surface area contributed by atoms with Crippen molar-refractivity contribution in [1.82, 2.24) is 4.90 Å². The van der Waals surface area contributed by atoms with Gasteiger partial charge in [0, 0.05) is 22.0 Å². The van der Waals surface area contributed by atoms with Crippen LogP contribution < -0.4 is 0 Å². The minimum Gasteiger partial charge on any atom is -0.344 e. The van der Waals surface area contributed by atoms with Gasteiger partial charge in [-0.15, -0.1) is 0 Å². The number of nitriles is 1. The van der Waals surface area contributed by atoms with Gasteiger partial charge in [-0.2, -0.15) is 5.26 Å². The molecule has 1 aromatic carbocycles. The molecule has 0 radical (unpaired) electrons. The topological polar surface area (TPSA) is 27.0 Å². The van der Waals surface area contributed by atoms with Crippen LogP contribution in [-0.2, 0) is 0 Å². The van der Waals surface area contributed by atoms with Gasteiger partial charge in [0.1, 0.15) is 0 Å². The van der Waals surface area contributed by atoms with Gasteiger partial charge in [-0.05, 0) is 52.4 Å². The van der Waals surface area contributed by atoms with Crippen molar-refractivity contribution in [2.75, 3.05) is 7.05 Å². The summed E-state index contributed by atoms with van der Waals surface area (Å²) in [6.45, 7) is 4.04. The van der Waals surface area contributed by atoms with Gasteiger partial charge in [0.2, 0.25) is 0 Å². The summed E-state index contributed by atoms with van der Waals surface area (Å²) in [5.74, 6) is 0. The number of nitrogens with zero attached hydrogens (tertiary/aromatic N) is 2. The maximum Gasteiger partial charge on any atom is 0.0991 e. The van der Waals surface area contributed by atoms with E-state index in [1.807, 2.05) is 31.3 Å². The van der Waals surface area contributed by atoms with Gasteiger partial charge in [-0.3, -0.25) is 0 Å². The fourth-order valence-electron chi connectivity index (χ4n) is 1.67. The third-order valence-corrected chi connectivity index (χ3v) is 3.72. The molecule has 0 spiro atoms.